The molecule has 6 nitrogen and oxygen atoms in total. The van der Waals surface area contributed by atoms with E-state index in [0.29, 0.717) is 7.06 Å². The number of thioether (sulfide) groups is 2. The largest absolute Gasteiger partial charge is 0.500 e. The van der Waals surface area contributed by atoms with Gasteiger partial charge in [-0.15, -0.1) is 48.8 Å². The number of thiocarbonyl (C=S) groups is 2. The third-order valence-corrected chi connectivity index (χ3v) is 12.2. The number of rotatable bonds is 14. The maximum Gasteiger partial charge on any atom is 0.500 e. The molecule has 0 atom stereocenters. The summed E-state index contributed by atoms with van der Waals surface area (Å²) in [6.07, 6.45) is 1.90. The highest BCUT2D eigenvalue weighted by atomic mass is 32.2. The van der Waals surface area contributed by atoms with E-state index in [1.54, 1.807) is 66.2 Å². The molecular formula is C14H32O6S6Si2. The predicted molar refractivity (Wildman–Crippen MR) is 140 cm³/mol. The Balaban J connectivity index is 0. The number of thiol groups is 2. The van der Waals surface area contributed by atoms with Crippen LogP contribution in [0.3, 0.4) is 0 Å². The van der Waals surface area contributed by atoms with Crippen LogP contribution in [0, 0.1) is 0 Å². The summed E-state index contributed by atoms with van der Waals surface area (Å²) in [6, 6.07) is 1.61. The minimum atomic E-state index is -2.37. The molecule has 0 heterocycles. The van der Waals surface area contributed by atoms with Gasteiger partial charge in [0.15, 0.2) is 0 Å². The molecule has 168 valence electrons. The van der Waals surface area contributed by atoms with E-state index < -0.39 is 17.6 Å². The van der Waals surface area contributed by atoms with E-state index in [-0.39, 0.29) is 0 Å². The summed E-state index contributed by atoms with van der Waals surface area (Å²) < 4.78 is 33.0. The molecule has 0 aromatic carbocycles. The van der Waals surface area contributed by atoms with Crippen LogP contribution in [-0.4, -0.2) is 78.8 Å². The Morgan fingerprint density at radius 2 is 0.893 bits per heavy atom. The van der Waals surface area contributed by atoms with Gasteiger partial charge in [-0.25, -0.2) is 0 Å². The van der Waals surface area contributed by atoms with Gasteiger partial charge in [-0.2, -0.15) is 0 Å². The molecule has 0 N–H and O–H groups in total. The summed E-state index contributed by atoms with van der Waals surface area (Å²) in [4.78, 5) is 0. The first-order chi connectivity index (χ1) is 13.2. The SMILES string of the molecule is CO[Si](CCCSC(=S)S)(OC)OC.CO[Si](CCCSC(=S)S)(OC)OC. The normalized spacial score (nSPS) is 11.7. The lowest BCUT2D eigenvalue weighted by molar-refractivity contribution is 0.123. The van der Waals surface area contributed by atoms with E-state index in [1.165, 1.54) is 0 Å². The van der Waals surface area contributed by atoms with Gasteiger partial charge >= 0.3 is 17.6 Å². The van der Waals surface area contributed by atoms with E-state index in [1.807, 2.05) is 0 Å². The van der Waals surface area contributed by atoms with Crippen molar-refractivity contribution in [1.29, 1.82) is 0 Å². The van der Waals surface area contributed by atoms with Crippen molar-refractivity contribution in [1.82, 2.24) is 0 Å². The maximum atomic E-state index is 5.28. The van der Waals surface area contributed by atoms with Gasteiger partial charge in [-0.1, -0.05) is 24.4 Å². The fraction of sp³-hybridized carbons (Fsp3) is 0.857. The van der Waals surface area contributed by atoms with E-state index >= 15 is 0 Å². The van der Waals surface area contributed by atoms with Gasteiger partial charge in [0, 0.05) is 54.7 Å². The Kier molecular flexibility index (Phi) is 22.2. The molecule has 0 radical (unpaired) electrons. The molecule has 28 heavy (non-hydrogen) atoms. The lowest BCUT2D eigenvalue weighted by Gasteiger charge is -2.23. The van der Waals surface area contributed by atoms with Crippen LogP contribution in [0.4, 0.5) is 0 Å². The van der Waals surface area contributed by atoms with Gasteiger partial charge in [0.25, 0.3) is 0 Å². The molecule has 0 unspecified atom stereocenters. The van der Waals surface area contributed by atoms with E-state index in [4.69, 9.17) is 51.0 Å². The Morgan fingerprint density at radius 3 is 1.07 bits per heavy atom. The van der Waals surface area contributed by atoms with E-state index in [0.717, 1.165) is 36.4 Å². The van der Waals surface area contributed by atoms with Crippen molar-refractivity contribution in [3.8, 4) is 0 Å². The number of hydrogen-bond donors (Lipinski definition) is 2. The quantitative estimate of drug-likeness (QED) is 0.142. The zero-order valence-electron chi connectivity index (χ0n) is 17.2. The second kappa shape index (κ2) is 19.5. The maximum absolute atomic E-state index is 5.28. The highest BCUT2D eigenvalue weighted by Gasteiger charge is 2.37. The highest BCUT2D eigenvalue weighted by Crippen LogP contribution is 2.19. The van der Waals surface area contributed by atoms with E-state index in [2.05, 4.69) is 25.3 Å². The second-order valence-corrected chi connectivity index (χ2v) is 16.9. The van der Waals surface area contributed by atoms with Crippen LogP contribution in [0.25, 0.3) is 0 Å². The summed E-state index contributed by atoms with van der Waals surface area (Å²) in [5, 5.41) is 0. The molecular weight excluding hydrogens is 513 g/mol. The fourth-order valence-electron chi connectivity index (χ4n) is 2.01. The van der Waals surface area contributed by atoms with Crippen LogP contribution < -0.4 is 0 Å². The van der Waals surface area contributed by atoms with Gasteiger partial charge in [-0.05, 0) is 24.3 Å². The minimum Gasteiger partial charge on any atom is -0.377 e. The first kappa shape index (κ1) is 32.0. The zero-order valence-corrected chi connectivity index (χ0v) is 24.3. The van der Waals surface area contributed by atoms with Crippen molar-refractivity contribution >= 4 is 97.9 Å². The van der Waals surface area contributed by atoms with Gasteiger partial charge in [0.05, 0.1) is 0 Å². The third-order valence-electron chi connectivity index (χ3n) is 3.57. The molecule has 0 fully saturated rings. The van der Waals surface area contributed by atoms with Crippen molar-refractivity contribution in [3.63, 3.8) is 0 Å². The standard InChI is InChI=1S/2C7H16O3S3Si/c2*1-8-14(9-2,10-3)6-4-5-13-7(11)12/h2*4-6H2,1-3H3,(H,11,12). The molecule has 0 aromatic rings. The van der Waals surface area contributed by atoms with Crippen LogP contribution in [-0.2, 0) is 26.6 Å². The van der Waals surface area contributed by atoms with Crippen LogP contribution in [0.1, 0.15) is 12.8 Å². The van der Waals surface area contributed by atoms with Crippen molar-refractivity contribution in [2.75, 3.05) is 54.2 Å². The fourth-order valence-corrected chi connectivity index (χ4v) is 7.94. The first-order valence-corrected chi connectivity index (χ1v) is 15.8. The van der Waals surface area contributed by atoms with Crippen molar-refractivity contribution < 1.29 is 26.6 Å². The second-order valence-electron chi connectivity index (χ2n) is 5.03. The average molecular weight is 545 g/mol. The molecule has 0 saturated heterocycles. The van der Waals surface area contributed by atoms with Crippen molar-refractivity contribution in [2.24, 2.45) is 0 Å². The molecule has 0 amide bonds. The van der Waals surface area contributed by atoms with Crippen molar-refractivity contribution in [3.05, 3.63) is 0 Å². The summed E-state index contributed by atoms with van der Waals surface area (Å²) in [6.45, 7) is 0. The Labute approximate surface area is 202 Å². The van der Waals surface area contributed by atoms with Crippen LogP contribution in [0.5, 0.6) is 0 Å². The summed E-state index contributed by atoms with van der Waals surface area (Å²) >= 11 is 20.8. The van der Waals surface area contributed by atoms with E-state index in [9.17, 15) is 0 Å². The molecule has 0 aliphatic heterocycles. The van der Waals surface area contributed by atoms with Gasteiger partial charge in [0.1, 0.15) is 7.06 Å². The molecule has 14 heteroatoms. The molecule has 0 aromatic heterocycles. The Morgan fingerprint density at radius 1 is 0.643 bits per heavy atom. The Hall–Kier alpha value is 1.77. The predicted octanol–water partition coefficient (Wildman–Crippen LogP) is 4.41. The third kappa shape index (κ3) is 15.6. The first-order valence-electron chi connectivity index (χ1n) is 8.22. The van der Waals surface area contributed by atoms with Crippen molar-refractivity contribution in [2.45, 2.75) is 24.9 Å². The van der Waals surface area contributed by atoms with Gasteiger partial charge in [0.2, 0.25) is 0 Å². The van der Waals surface area contributed by atoms with Gasteiger partial charge in [-0.3, -0.25) is 0 Å². The average Bonchev–Trinajstić information content (AvgIpc) is 2.69. The Bertz CT molecular complexity index is 373. The molecule has 0 rings (SSSR count). The summed E-state index contributed by atoms with van der Waals surface area (Å²) in [5.41, 5.74) is 0. The number of hydrogen-bond acceptors (Lipinski definition) is 10. The van der Waals surface area contributed by atoms with Crippen LogP contribution >= 0.6 is 73.2 Å². The topological polar surface area (TPSA) is 55.4 Å². The zero-order chi connectivity index (χ0) is 22.1. The molecule has 0 spiro atoms. The monoisotopic (exact) mass is 544 g/mol. The van der Waals surface area contributed by atoms with Crippen LogP contribution in [0.15, 0.2) is 0 Å². The molecule has 0 aliphatic carbocycles. The lowest BCUT2D eigenvalue weighted by Crippen LogP contribution is -2.42. The minimum absolute atomic E-state index is 0.671. The van der Waals surface area contributed by atoms with Crippen LogP contribution in [0.2, 0.25) is 12.1 Å². The molecule has 0 bridgehead atoms. The molecule has 0 saturated carbocycles. The van der Waals surface area contributed by atoms with Gasteiger partial charge < -0.3 is 26.6 Å². The smallest absolute Gasteiger partial charge is 0.377 e. The summed E-state index contributed by atoms with van der Waals surface area (Å²) in [7, 11) is 4.98. The highest BCUT2D eigenvalue weighted by molar-refractivity contribution is 8.42. The summed E-state index contributed by atoms with van der Waals surface area (Å²) in [5.74, 6) is 1.85. The molecule has 0 aliphatic rings. The lowest BCUT2D eigenvalue weighted by atomic mass is 10.6.